The van der Waals surface area contributed by atoms with Crippen LogP contribution in [0.3, 0.4) is 0 Å². The summed E-state index contributed by atoms with van der Waals surface area (Å²) in [7, 11) is 0. The van der Waals surface area contributed by atoms with Crippen LogP contribution in [0.2, 0.25) is 0 Å². The van der Waals surface area contributed by atoms with Crippen molar-refractivity contribution >= 4 is 43.2 Å². The summed E-state index contributed by atoms with van der Waals surface area (Å²) >= 11 is 9.18. The molecule has 1 nitrogen and oxygen atoms in total. The van der Waals surface area contributed by atoms with Gasteiger partial charge in [-0.3, -0.25) is 0 Å². The Morgan fingerprint density at radius 2 is 1.94 bits per heavy atom. The molecule has 0 aliphatic heterocycles. The minimum Gasteiger partial charge on any atom is -0.494 e. The number of thiophene rings is 1. The molecule has 1 unspecified atom stereocenters. The number of benzene rings is 1. The van der Waals surface area contributed by atoms with Gasteiger partial charge in [0, 0.05) is 14.2 Å². The van der Waals surface area contributed by atoms with Gasteiger partial charge in [-0.05, 0) is 53.5 Å². The molecule has 4 heteroatoms. The summed E-state index contributed by atoms with van der Waals surface area (Å²) in [6, 6.07) is 10.4. The highest BCUT2D eigenvalue weighted by molar-refractivity contribution is 9.11. The predicted molar refractivity (Wildman–Crippen MR) is 85.1 cm³/mol. The number of ether oxygens (including phenoxy) is 1. The van der Waals surface area contributed by atoms with Crippen molar-refractivity contribution in [3.63, 3.8) is 0 Å². The summed E-state index contributed by atoms with van der Waals surface area (Å²) in [6.07, 6.45) is 0. The normalized spacial score (nSPS) is 12.4. The molecule has 2 rings (SSSR count). The number of hydrogen-bond acceptors (Lipinski definition) is 2. The second-order valence-electron chi connectivity index (χ2n) is 3.93. The Labute approximate surface area is 128 Å². The highest BCUT2D eigenvalue weighted by atomic mass is 79.9. The topological polar surface area (TPSA) is 9.23 Å². The lowest BCUT2D eigenvalue weighted by molar-refractivity contribution is 0.340. The molecule has 18 heavy (non-hydrogen) atoms. The number of halogens is 2. The lowest BCUT2D eigenvalue weighted by atomic mass is 10.1. The van der Waals surface area contributed by atoms with Gasteiger partial charge >= 0.3 is 0 Å². The van der Waals surface area contributed by atoms with E-state index >= 15 is 0 Å². The van der Waals surface area contributed by atoms with E-state index in [1.165, 1.54) is 19.8 Å². The SMILES string of the molecule is CCOc1ccc(C(Br)c2sc(C)cc2Br)cc1. The fraction of sp³-hybridized carbons (Fsp3) is 0.286. The van der Waals surface area contributed by atoms with Crippen LogP contribution in [-0.2, 0) is 0 Å². The number of aryl methyl sites for hydroxylation is 1. The third-order valence-electron chi connectivity index (χ3n) is 2.55. The second-order valence-corrected chi connectivity index (χ2v) is 6.99. The van der Waals surface area contributed by atoms with Crippen LogP contribution >= 0.6 is 43.2 Å². The highest BCUT2D eigenvalue weighted by Gasteiger charge is 2.16. The van der Waals surface area contributed by atoms with Crippen LogP contribution in [0.4, 0.5) is 0 Å². The number of rotatable bonds is 4. The first-order valence-electron chi connectivity index (χ1n) is 5.74. The summed E-state index contributed by atoms with van der Waals surface area (Å²) in [5.41, 5.74) is 1.24. The average molecular weight is 390 g/mol. The predicted octanol–water partition coefficient (Wildman–Crippen LogP) is 5.70. The van der Waals surface area contributed by atoms with Crippen molar-refractivity contribution in [3.8, 4) is 5.75 Å². The molecule has 0 saturated heterocycles. The van der Waals surface area contributed by atoms with Crippen LogP contribution in [0.15, 0.2) is 34.8 Å². The Balaban J connectivity index is 2.23. The molecule has 0 saturated carbocycles. The first kappa shape index (κ1) is 14.1. The van der Waals surface area contributed by atoms with Gasteiger partial charge in [0.2, 0.25) is 0 Å². The molecule has 0 N–H and O–H groups in total. The third kappa shape index (κ3) is 3.16. The van der Waals surface area contributed by atoms with Crippen molar-refractivity contribution in [2.24, 2.45) is 0 Å². The summed E-state index contributed by atoms with van der Waals surface area (Å²) in [4.78, 5) is 2.84. The van der Waals surface area contributed by atoms with Crippen LogP contribution in [0.25, 0.3) is 0 Å². The fourth-order valence-electron chi connectivity index (χ4n) is 1.73. The minimum absolute atomic E-state index is 0.223. The lowest BCUT2D eigenvalue weighted by Gasteiger charge is -2.10. The van der Waals surface area contributed by atoms with Crippen LogP contribution in [0.1, 0.15) is 27.1 Å². The van der Waals surface area contributed by atoms with Gasteiger partial charge < -0.3 is 4.74 Å². The van der Waals surface area contributed by atoms with Gasteiger partial charge in [-0.2, -0.15) is 0 Å². The largest absolute Gasteiger partial charge is 0.494 e. The van der Waals surface area contributed by atoms with E-state index in [-0.39, 0.29) is 4.83 Å². The van der Waals surface area contributed by atoms with Crippen molar-refractivity contribution in [3.05, 3.63) is 50.1 Å². The zero-order valence-corrected chi connectivity index (χ0v) is 14.2. The molecule has 2 aromatic rings. The van der Waals surface area contributed by atoms with Gasteiger partial charge in [-0.25, -0.2) is 0 Å². The second kappa shape index (κ2) is 6.22. The zero-order chi connectivity index (χ0) is 13.1. The molecule has 96 valence electrons. The number of alkyl halides is 1. The Bertz CT molecular complexity index is 519. The van der Waals surface area contributed by atoms with E-state index in [1.54, 1.807) is 11.3 Å². The van der Waals surface area contributed by atoms with E-state index in [1.807, 2.05) is 19.1 Å². The van der Waals surface area contributed by atoms with Crippen molar-refractivity contribution < 1.29 is 4.74 Å². The Morgan fingerprint density at radius 3 is 2.44 bits per heavy atom. The van der Waals surface area contributed by atoms with E-state index in [0.717, 1.165) is 5.75 Å². The standard InChI is InChI=1S/C14H14Br2OS/c1-3-17-11-6-4-10(5-7-11)13(16)14-12(15)8-9(2)18-14/h4-8,13H,3H2,1-2H3. The van der Waals surface area contributed by atoms with E-state index in [9.17, 15) is 0 Å². The molecule has 1 atom stereocenters. The molecule has 0 fully saturated rings. The molecule has 0 aliphatic carbocycles. The van der Waals surface area contributed by atoms with Crippen LogP contribution in [0.5, 0.6) is 5.75 Å². The Morgan fingerprint density at radius 1 is 1.28 bits per heavy atom. The lowest BCUT2D eigenvalue weighted by Crippen LogP contribution is -1.93. The fourth-order valence-corrected chi connectivity index (χ4v) is 4.75. The molecule has 1 aromatic heterocycles. The van der Waals surface area contributed by atoms with Crippen molar-refractivity contribution in [1.82, 2.24) is 0 Å². The van der Waals surface area contributed by atoms with Crippen LogP contribution in [0, 0.1) is 6.92 Å². The highest BCUT2D eigenvalue weighted by Crippen LogP contribution is 2.40. The molecular formula is C14H14Br2OS. The summed E-state index contributed by atoms with van der Waals surface area (Å²) in [5, 5.41) is 0. The first-order valence-corrected chi connectivity index (χ1v) is 8.27. The molecule has 0 radical (unpaired) electrons. The monoisotopic (exact) mass is 388 g/mol. The smallest absolute Gasteiger partial charge is 0.119 e. The summed E-state index contributed by atoms with van der Waals surface area (Å²) < 4.78 is 6.62. The van der Waals surface area contributed by atoms with Crippen molar-refractivity contribution in [2.75, 3.05) is 6.61 Å². The van der Waals surface area contributed by atoms with Gasteiger partial charge in [-0.15, -0.1) is 11.3 Å². The molecular weight excluding hydrogens is 376 g/mol. The van der Waals surface area contributed by atoms with E-state index in [2.05, 4.69) is 57.0 Å². The van der Waals surface area contributed by atoms with Gasteiger partial charge in [0.25, 0.3) is 0 Å². The molecule has 0 amide bonds. The molecule has 1 heterocycles. The van der Waals surface area contributed by atoms with Crippen LogP contribution in [-0.4, -0.2) is 6.61 Å². The van der Waals surface area contributed by atoms with E-state index in [4.69, 9.17) is 4.74 Å². The van der Waals surface area contributed by atoms with Crippen molar-refractivity contribution in [2.45, 2.75) is 18.7 Å². The third-order valence-corrected chi connectivity index (χ3v) is 5.87. The Kier molecular flexibility index (Phi) is 4.87. The molecule has 0 aliphatic rings. The minimum atomic E-state index is 0.223. The van der Waals surface area contributed by atoms with Gasteiger partial charge in [0.05, 0.1) is 11.4 Å². The molecule has 0 spiro atoms. The maximum absolute atomic E-state index is 5.45. The molecule has 1 aromatic carbocycles. The van der Waals surface area contributed by atoms with E-state index < -0.39 is 0 Å². The average Bonchev–Trinajstić information content (AvgIpc) is 2.69. The van der Waals surface area contributed by atoms with E-state index in [0.29, 0.717) is 6.61 Å². The van der Waals surface area contributed by atoms with Gasteiger partial charge in [-0.1, -0.05) is 28.1 Å². The molecule has 0 bridgehead atoms. The van der Waals surface area contributed by atoms with Crippen molar-refractivity contribution in [1.29, 1.82) is 0 Å². The summed E-state index contributed by atoms with van der Waals surface area (Å²) in [5.74, 6) is 0.919. The quantitative estimate of drug-likeness (QED) is 0.609. The van der Waals surface area contributed by atoms with Gasteiger partial charge in [0.15, 0.2) is 0 Å². The number of hydrogen-bond donors (Lipinski definition) is 0. The Hall–Kier alpha value is -0.320. The first-order chi connectivity index (χ1) is 8.61. The summed E-state index contributed by atoms with van der Waals surface area (Å²) in [6.45, 7) is 4.82. The zero-order valence-electron chi connectivity index (χ0n) is 10.2. The van der Waals surface area contributed by atoms with Gasteiger partial charge in [0.1, 0.15) is 5.75 Å². The maximum atomic E-state index is 5.45. The maximum Gasteiger partial charge on any atom is 0.119 e. The van der Waals surface area contributed by atoms with Crippen LogP contribution < -0.4 is 4.74 Å².